The third kappa shape index (κ3) is 2.26. The van der Waals surface area contributed by atoms with Gasteiger partial charge in [-0.25, -0.2) is 0 Å². The molecule has 2 aromatic carbocycles. The molecule has 0 bridgehead atoms. The Morgan fingerprint density at radius 3 is 2.53 bits per heavy atom. The highest BCUT2D eigenvalue weighted by atomic mass is 16.4. The van der Waals surface area contributed by atoms with Gasteiger partial charge in [0.25, 0.3) is 0 Å². The largest absolute Gasteiger partial charge is 0.422 e. The molecule has 0 amide bonds. The van der Waals surface area contributed by atoms with Crippen molar-refractivity contribution < 1.29 is 4.42 Å². The Morgan fingerprint density at radius 1 is 1.00 bits per heavy atom. The average Bonchev–Trinajstić information content (AvgIpc) is 2.79. The van der Waals surface area contributed by atoms with Gasteiger partial charge in [0.2, 0.25) is 0 Å². The van der Waals surface area contributed by atoms with E-state index in [4.69, 9.17) is 15.9 Å². The molecule has 0 unspecified atom stereocenters. The summed E-state index contributed by atoms with van der Waals surface area (Å²) in [6.07, 6.45) is 0. The second kappa shape index (κ2) is 4.45. The lowest BCUT2D eigenvalue weighted by atomic mass is 10.1. The first kappa shape index (κ1) is 11.3. The molecule has 0 atom stereocenters. The smallest absolute Gasteiger partial charge is 0.325 e. The number of benzene rings is 2. The van der Waals surface area contributed by atoms with E-state index in [1.807, 2.05) is 48.5 Å². The topological polar surface area (TPSA) is 90.4 Å². The zero-order chi connectivity index (χ0) is 13.2. The van der Waals surface area contributed by atoms with Gasteiger partial charge < -0.3 is 15.9 Å². The fourth-order valence-corrected chi connectivity index (χ4v) is 1.88. The van der Waals surface area contributed by atoms with Crippen molar-refractivity contribution in [1.82, 2.24) is 4.98 Å². The normalized spacial score (nSPS) is 10.5. The Morgan fingerprint density at radius 2 is 1.79 bits per heavy atom. The van der Waals surface area contributed by atoms with E-state index in [0.29, 0.717) is 5.58 Å². The molecule has 0 aliphatic heterocycles. The lowest BCUT2D eigenvalue weighted by Crippen LogP contribution is -2.21. The van der Waals surface area contributed by atoms with Gasteiger partial charge in [0.1, 0.15) is 5.52 Å². The molecule has 5 heteroatoms. The lowest BCUT2D eigenvalue weighted by Gasteiger charge is -1.99. The molecule has 0 aliphatic carbocycles. The molecule has 0 spiro atoms. The van der Waals surface area contributed by atoms with Crippen LogP contribution in [0.15, 0.2) is 57.9 Å². The number of nitrogens with two attached hydrogens (primary N) is 2. The van der Waals surface area contributed by atoms with Crippen LogP contribution in [-0.4, -0.2) is 10.9 Å². The van der Waals surface area contributed by atoms with Gasteiger partial charge in [-0.2, -0.15) is 9.98 Å². The first-order valence-corrected chi connectivity index (χ1v) is 5.78. The quantitative estimate of drug-likeness (QED) is 0.541. The molecule has 0 saturated carbocycles. The van der Waals surface area contributed by atoms with Gasteiger partial charge in [-0.05, 0) is 23.3 Å². The van der Waals surface area contributed by atoms with Crippen LogP contribution in [0, 0.1) is 0 Å². The van der Waals surface area contributed by atoms with Gasteiger partial charge in [0.05, 0.1) is 0 Å². The summed E-state index contributed by atoms with van der Waals surface area (Å²) in [7, 11) is 0. The minimum atomic E-state index is -0.0742. The molecule has 94 valence electrons. The highest BCUT2D eigenvalue weighted by Crippen LogP contribution is 2.26. The van der Waals surface area contributed by atoms with Crippen molar-refractivity contribution in [2.75, 3.05) is 0 Å². The van der Waals surface area contributed by atoms with Gasteiger partial charge in [0, 0.05) is 0 Å². The third-order valence-electron chi connectivity index (χ3n) is 2.71. The second-order valence-corrected chi connectivity index (χ2v) is 4.08. The van der Waals surface area contributed by atoms with Crippen LogP contribution in [0.1, 0.15) is 0 Å². The Labute approximate surface area is 109 Å². The minimum Gasteiger partial charge on any atom is -0.422 e. The maximum absolute atomic E-state index is 5.41. The van der Waals surface area contributed by atoms with Crippen LogP contribution in [0.5, 0.6) is 0 Å². The highest BCUT2D eigenvalue weighted by Gasteiger charge is 2.06. The standard InChI is InChI=1S/C14H12N4O/c15-13(16)18-14-17-11-8-10(6-7-12(11)19-14)9-4-2-1-3-5-9/h1-8H,(H4,15,16,17,18). The average molecular weight is 252 g/mol. The Bertz CT molecular complexity index is 742. The maximum Gasteiger partial charge on any atom is 0.325 e. The molecule has 0 saturated heterocycles. The van der Waals surface area contributed by atoms with E-state index in [1.54, 1.807) is 0 Å². The van der Waals surface area contributed by atoms with E-state index in [0.717, 1.165) is 16.6 Å². The molecule has 4 N–H and O–H groups in total. The van der Waals surface area contributed by atoms with Gasteiger partial charge in [0.15, 0.2) is 11.5 Å². The van der Waals surface area contributed by atoms with Crippen molar-refractivity contribution in [2.24, 2.45) is 16.5 Å². The van der Waals surface area contributed by atoms with Gasteiger partial charge in [-0.3, -0.25) is 0 Å². The van der Waals surface area contributed by atoms with Crippen LogP contribution >= 0.6 is 0 Å². The van der Waals surface area contributed by atoms with Gasteiger partial charge in [-0.15, -0.1) is 0 Å². The number of nitrogens with zero attached hydrogens (tertiary/aromatic N) is 2. The Hall–Kier alpha value is -2.82. The summed E-state index contributed by atoms with van der Waals surface area (Å²) in [5, 5.41) is 0. The number of fused-ring (bicyclic) bond motifs is 1. The molecule has 3 rings (SSSR count). The van der Waals surface area contributed by atoms with E-state index in [-0.39, 0.29) is 12.0 Å². The molecular weight excluding hydrogens is 240 g/mol. The first-order chi connectivity index (χ1) is 9.22. The van der Waals surface area contributed by atoms with Crippen molar-refractivity contribution in [3.63, 3.8) is 0 Å². The number of aliphatic imine (C=N–C) groups is 1. The number of rotatable bonds is 2. The molecule has 5 nitrogen and oxygen atoms in total. The Kier molecular flexibility index (Phi) is 2.64. The SMILES string of the molecule is NC(N)=Nc1nc2cc(-c3ccccc3)ccc2o1. The van der Waals surface area contributed by atoms with Crippen molar-refractivity contribution in [1.29, 1.82) is 0 Å². The van der Waals surface area contributed by atoms with E-state index in [1.165, 1.54) is 0 Å². The summed E-state index contributed by atoms with van der Waals surface area (Å²) >= 11 is 0. The molecule has 19 heavy (non-hydrogen) atoms. The van der Waals surface area contributed by atoms with E-state index in [9.17, 15) is 0 Å². The molecule has 0 radical (unpaired) electrons. The monoisotopic (exact) mass is 252 g/mol. The number of hydrogen-bond donors (Lipinski definition) is 2. The predicted octanol–water partition coefficient (Wildman–Crippen LogP) is 2.40. The van der Waals surface area contributed by atoms with E-state index in [2.05, 4.69) is 9.98 Å². The predicted molar refractivity (Wildman–Crippen MR) is 74.9 cm³/mol. The van der Waals surface area contributed by atoms with E-state index < -0.39 is 0 Å². The van der Waals surface area contributed by atoms with Gasteiger partial charge >= 0.3 is 6.01 Å². The summed E-state index contributed by atoms with van der Waals surface area (Å²) in [5.41, 5.74) is 14.2. The van der Waals surface area contributed by atoms with Crippen LogP contribution in [0.4, 0.5) is 6.01 Å². The third-order valence-corrected chi connectivity index (χ3v) is 2.71. The summed E-state index contributed by atoms with van der Waals surface area (Å²) in [4.78, 5) is 8.02. The van der Waals surface area contributed by atoms with Crippen LogP contribution < -0.4 is 11.5 Å². The van der Waals surface area contributed by atoms with Crippen LogP contribution in [-0.2, 0) is 0 Å². The molecular formula is C14H12N4O. The van der Waals surface area contributed by atoms with Crippen LogP contribution in [0.2, 0.25) is 0 Å². The molecule has 3 aromatic rings. The molecule has 1 aromatic heterocycles. The fourth-order valence-electron chi connectivity index (χ4n) is 1.88. The fraction of sp³-hybridized carbons (Fsp3) is 0. The molecule has 0 aliphatic rings. The minimum absolute atomic E-state index is 0.0742. The Balaban J connectivity index is 2.09. The number of hydrogen-bond acceptors (Lipinski definition) is 3. The summed E-state index contributed by atoms with van der Waals surface area (Å²) in [6, 6.07) is 16.0. The van der Waals surface area contributed by atoms with Crippen molar-refractivity contribution in [2.45, 2.75) is 0 Å². The summed E-state index contributed by atoms with van der Waals surface area (Å²) < 4.78 is 5.41. The number of aromatic nitrogens is 1. The maximum atomic E-state index is 5.41. The number of guanidine groups is 1. The molecule has 0 fully saturated rings. The van der Waals surface area contributed by atoms with Crippen molar-refractivity contribution in [3.05, 3.63) is 48.5 Å². The molecule has 1 heterocycles. The lowest BCUT2D eigenvalue weighted by molar-refractivity contribution is 0.613. The summed E-state index contributed by atoms with van der Waals surface area (Å²) in [6.45, 7) is 0. The van der Waals surface area contributed by atoms with Crippen molar-refractivity contribution >= 4 is 23.1 Å². The number of oxazole rings is 1. The highest BCUT2D eigenvalue weighted by molar-refractivity contribution is 5.83. The van der Waals surface area contributed by atoms with Crippen LogP contribution in [0.3, 0.4) is 0 Å². The van der Waals surface area contributed by atoms with Crippen LogP contribution in [0.25, 0.3) is 22.2 Å². The van der Waals surface area contributed by atoms with Crippen molar-refractivity contribution in [3.8, 4) is 11.1 Å². The van der Waals surface area contributed by atoms with E-state index >= 15 is 0 Å². The summed E-state index contributed by atoms with van der Waals surface area (Å²) in [5.74, 6) is -0.0742. The van der Waals surface area contributed by atoms with Gasteiger partial charge in [-0.1, -0.05) is 36.4 Å². The second-order valence-electron chi connectivity index (χ2n) is 4.08. The first-order valence-electron chi connectivity index (χ1n) is 5.78. The zero-order valence-corrected chi connectivity index (χ0v) is 10.1. The zero-order valence-electron chi connectivity index (χ0n) is 10.1.